The lowest BCUT2D eigenvalue weighted by Gasteiger charge is -2.30. The second-order valence-electron chi connectivity index (χ2n) is 7.36. The maximum absolute atomic E-state index is 15.0. The number of aromatic nitrogens is 4. The fourth-order valence-corrected chi connectivity index (χ4v) is 3.37. The molecule has 28 heavy (non-hydrogen) atoms. The smallest absolute Gasteiger partial charge is 0.155 e. The first-order valence-electron chi connectivity index (χ1n) is 9.43. The Morgan fingerprint density at radius 3 is 2.79 bits per heavy atom. The molecule has 0 spiro atoms. The highest BCUT2D eigenvalue weighted by Gasteiger charge is 2.31. The van der Waals surface area contributed by atoms with Crippen molar-refractivity contribution in [2.24, 2.45) is 0 Å². The van der Waals surface area contributed by atoms with Gasteiger partial charge < -0.3 is 15.5 Å². The van der Waals surface area contributed by atoms with Crippen molar-refractivity contribution in [3.8, 4) is 11.3 Å². The van der Waals surface area contributed by atoms with Crippen LogP contribution in [0.5, 0.6) is 0 Å². The molecule has 3 aromatic heterocycles. The molecule has 0 aromatic carbocycles. The Hall–Kier alpha value is -2.87. The SMILES string of the molecule is CN(C)c1ccc(-c2cc3nccnc3c(NC[C@]3(F)CCCNC3)n2)cn1. The quantitative estimate of drug-likeness (QED) is 0.703. The van der Waals surface area contributed by atoms with Crippen LogP contribution >= 0.6 is 0 Å². The molecule has 0 radical (unpaired) electrons. The number of fused-ring (bicyclic) bond motifs is 1. The molecule has 7 nitrogen and oxygen atoms in total. The van der Waals surface area contributed by atoms with E-state index in [4.69, 9.17) is 4.98 Å². The Kier molecular flexibility index (Phi) is 5.04. The summed E-state index contributed by atoms with van der Waals surface area (Å²) in [5.41, 5.74) is 1.65. The van der Waals surface area contributed by atoms with Gasteiger partial charge in [0, 0.05) is 44.8 Å². The summed E-state index contributed by atoms with van der Waals surface area (Å²) in [6.45, 7) is 1.39. The van der Waals surface area contributed by atoms with Gasteiger partial charge in [0.25, 0.3) is 0 Å². The zero-order chi connectivity index (χ0) is 19.6. The number of nitrogens with one attached hydrogen (secondary N) is 2. The summed E-state index contributed by atoms with van der Waals surface area (Å²) in [7, 11) is 3.89. The molecule has 8 heteroatoms. The number of hydrogen-bond donors (Lipinski definition) is 2. The number of alkyl halides is 1. The first kappa shape index (κ1) is 18.5. The van der Waals surface area contributed by atoms with Crippen molar-refractivity contribution in [2.45, 2.75) is 18.5 Å². The van der Waals surface area contributed by atoms with Crippen molar-refractivity contribution in [1.29, 1.82) is 0 Å². The molecule has 2 N–H and O–H groups in total. The maximum atomic E-state index is 15.0. The van der Waals surface area contributed by atoms with Gasteiger partial charge in [0.1, 0.15) is 17.0 Å². The molecule has 1 aliphatic rings. The van der Waals surface area contributed by atoms with Crippen LogP contribution in [0.3, 0.4) is 0 Å². The summed E-state index contributed by atoms with van der Waals surface area (Å²) in [5.74, 6) is 1.41. The van der Waals surface area contributed by atoms with E-state index in [-0.39, 0.29) is 6.54 Å². The van der Waals surface area contributed by atoms with E-state index in [1.807, 2.05) is 37.2 Å². The van der Waals surface area contributed by atoms with E-state index in [1.165, 1.54) is 0 Å². The van der Waals surface area contributed by atoms with E-state index in [1.54, 1.807) is 18.6 Å². The van der Waals surface area contributed by atoms with E-state index < -0.39 is 5.67 Å². The fourth-order valence-electron chi connectivity index (χ4n) is 3.37. The monoisotopic (exact) mass is 381 g/mol. The summed E-state index contributed by atoms with van der Waals surface area (Å²) in [6, 6.07) is 5.79. The second-order valence-corrected chi connectivity index (χ2v) is 7.36. The van der Waals surface area contributed by atoms with E-state index >= 15 is 0 Å². The van der Waals surface area contributed by atoms with Gasteiger partial charge in [0.05, 0.1) is 17.8 Å². The van der Waals surface area contributed by atoms with Crippen molar-refractivity contribution in [3.63, 3.8) is 0 Å². The van der Waals surface area contributed by atoms with Crippen LogP contribution in [0.15, 0.2) is 36.8 Å². The van der Waals surface area contributed by atoms with E-state index in [2.05, 4.69) is 25.6 Å². The van der Waals surface area contributed by atoms with Crippen molar-refractivity contribution in [2.75, 3.05) is 43.9 Å². The van der Waals surface area contributed by atoms with E-state index in [0.717, 1.165) is 30.0 Å². The Labute approximate surface area is 163 Å². The van der Waals surface area contributed by atoms with Gasteiger partial charge >= 0.3 is 0 Å². The minimum absolute atomic E-state index is 0.181. The highest BCUT2D eigenvalue weighted by molar-refractivity contribution is 5.88. The normalized spacial score (nSPS) is 19.5. The lowest BCUT2D eigenvalue weighted by Crippen LogP contribution is -2.46. The Morgan fingerprint density at radius 2 is 2.07 bits per heavy atom. The molecule has 0 aliphatic carbocycles. The molecule has 0 amide bonds. The third-order valence-electron chi connectivity index (χ3n) is 4.95. The van der Waals surface area contributed by atoms with E-state index in [9.17, 15) is 4.39 Å². The Bertz CT molecular complexity index is 952. The largest absolute Gasteiger partial charge is 0.365 e. The first-order chi connectivity index (χ1) is 13.5. The topological polar surface area (TPSA) is 78.9 Å². The summed E-state index contributed by atoms with van der Waals surface area (Å²) < 4.78 is 15.0. The lowest BCUT2D eigenvalue weighted by atomic mass is 9.96. The van der Waals surface area contributed by atoms with Crippen LogP contribution in [0.4, 0.5) is 16.0 Å². The standard InChI is InChI=1S/C20H24FN7/c1-28(2)17-5-4-14(11-25-17)15-10-16-18(24-9-8-23-16)19(27-15)26-13-20(21)6-3-7-22-12-20/h4-5,8-11,22H,3,6-7,12-13H2,1-2H3,(H,26,27)/t20-/m0/s1. The predicted octanol–water partition coefficient (Wildman–Crippen LogP) is 2.66. The molecule has 0 unspecified atom stereocenters. The van der Waals surface area contributed by atoms with Gasteiger partial charge in [-0.15, -0.1) is 0 Å². The number of pyridine rings is 2. The Balaban J connectivity index is 1.67. The molecule has 0 saturated carbocycles. The zero-order valence-electron chi connectivity index (χ0n) is 16.1. The average molecular weight is 381 g/mol. The third-order valence-corrected chi connectivity index (χ3v) is 4.95. The average Bonchev–Trinajstić information content (AvgIpc) is 2.72. The second kappa shape index (κ2) is 7.63. The summed E-state index contributed by atoms with van der Waals surface area (Å²) in [5, 5.41) is 6.31. The number of hydrogen-bond acceptors (Lipinski definition) is 7. The van der Waals surface area contributed by atoms with Crippen molar-refractivity contribution in [1.82, 2.24) is 25.3 Å². The molecule has 1 saturated heterocycles. The maximum Gasteiger partial charge on any atom is 0.155 e. The lowest BCUT2D eigenvalue weighted by molar-refractivity contribution is 0.137. The highest BCUT2D eigenvalue weighted by Crippen LogP contribution is 2.27. The molecule has 146 valence electrons. The van der Waals surface area contributed by atoms with Crippen molar-refractivity contribution < 1.29 is 4.39 Å². The van der Waals surface area contributed by atoms with Crippen molar-refractivity contribution in [3.05, 3.63) is 36.8 Å². The first-order valence-corrected chi connectivity index (χ1v) is 9.43. The van der Waals surface area contributed by atoms with Crippen LogP contribution in [0, 0.1) is 0 Å². The van der Waals surface area contributed by atoms with Crippen LogP contribution in [0.2, 0.25) is 0 Å². The Morgan fingerprint density at radius 1 is 1.21 bits per heavy atom. The van der Waals surface area contributed by atoms with Gasteiger partial charge in [-0.2, -0.15) is 0 Å². The molecular formula is C20H24FN7. The van der Waals surface area contributed by atoms with Gasteiger partial charge in [0.15, 0.2) is 5.82 Å². The van der Waals surface area contributed by atoms with Crippen LogP contribution in [0.25, 0.3) is 22.3 Å². The number of nitrogens with zero attached hydrogens (tertiary/aromatic N) is 5. The minimum atomic E-state index is -1.29. The summed E-state index contributed by atoms with van der Waals surface area (Å²) in [4.78, 5) is 19.9. The molecule has 4 heterocycles. The molecule has 0 bridgehead atoms. The van der Waals surface area contributed by atoms with Crippen LogP contribution in [-0.2, 0) is 0 Å². The zero-order valence-corrected chi connectivity index (χ0v) is 16.1. The van der Waals surface area contributed by atoms with Gasteiger partial charge in [-0.3, -0.25) is 4.98 Å². The van der Waals surface area contributed by atoms with Gasteiger partial charge in [0.2, 0.25) is 0 Å². The van der Waals surface area contributed by atoms with Gasteiger partial charge in [-0.05, 0) is 37.6 Å². The van der Waals surface area contributed by atoms with Gasteiger partial charge in [-0.1, -0.05) is 0 Å². The molecule has 1 atom stereocenters. The van der Waals surface area contributed by atoms with Crippen LogP contribution < -0.4 is 15.5 Å². The minimum Gasteiger partial charge on any atom is -0.365 e. The highest BCUT2D eigenvalue weighted by atomic mass is 19.1. The number of anilines is 2. The summed E-state index contributed by atoms with van der Waals surface area (Å²) >= 11 is 0. The third kappa shape index (κ3) is 3.87. The van der Waals surface area contributed by atoms with Gasteiger partial charge in [-0.25, -0.2) is 19.3 Å². The van der Waals surface area contributed by atoms with Crippen LogP contribution in [0.1, 0.15) is 12.8 Å². The molecule has 1 fully saturated rings. The number of piperidine rings is 1. The molecular weight excluding hydrogens is 357 g/mol. The van der Waals surface area contributed by atoms with E-state index in [0.29, 0.717) is 29.8 Å². The van der Waals surface area contributed by atoms with Crippen molar-refractivity contribution >= 4 is 22.7 Å². The molecule has 4 rings (SSSR count). The van der Waals surface area contributed by atoms with Crippen LogP contribution in [-0.4, -0.2) is 59.3 Å². The number of rotatable bonds is 5. The molecule has 3 aromatic rings. The predicted molar refractivity (Wildman–Crippen MR) is 109 cm³/mol. The fraction of sp³-hybridized carbons (Fsp3) is 0.400. The number of halogens is 1. The molecule has 1 aliphatic heterocycles. The summed E-state index contributed by atoms with van der Waals surface area (Å²) in [6.07, 6.45) is 6.41.